The van der Waals surface area contributed by atoms with Gasteiger partial charge in [0.2, 0.25) is 5.91 Å². The molecular weight excluding hydrogens is 272 g/mol. The van der Waals surface area contributed by atoms with Gasteiger partial charge in [-0.2, -0.15) is 0 Å². The average molecular weight is 285 g/mol. The van der Waals surface area contributed by atoms with Crippen LogP contribution in [0.1, 0.15) is 16.8 Å². The van der Waals surface area contributed by atoms with Crippen molar-refractivity contribution in [3.8, 4) is 0 Å². The molecule has 0 aliphatic carbocycles. The van der Waals surface area contributed by atoms with Gasteiger partial charge >= 0.3 is 0 Å². The van der Waals surface area contributed by atoms with Gasteiger partial charge < -0.3 is 10.6 Å². The Bertz CT molecular complexity index is 407. The van der Waals surface area contributed by atoms with Gasteiger partial charge in [-0.1, -0.05) is 6.07 Å². The number of primary amides is 1. The van der Waals surface area contributed by atoms with Gasteiger partial charge in [-0.15, -0.1) is 0 Å². The third-order valence-corrected chi connectivity index (χ3v) is 2.86. The van der Waals surface area contributed by atoms with Crippen molar-refractivity contribution in [3.63, 3.8) is 0 Å². The van der Waals surface area contributed by atoms with Gasteiger partial charge in [0.25, 0.3) is 0 Å². The van der Waals surface area contributed by atoms with Crippen LogP contribution in [-0.4, -0.2) is 25.8 Å². The highest BCUT2D eigenvalue weighted by Gasteiger charge is 2.11. The Balaban J connectivity index is 2.93. The molecule has 1 rings (SSSR count). The first-order valence-electron chi connectivity index (χ1n) is 4.79. The van der Waals surface area contributed by atoms with E-state index < -0.39 is 0 Å². The zero-order chi connectivity index (χ0) is 12.1. The summed E-state index contributed by atoms with van der Waals surface area (Å²) in [5.74, 6) is -0.355. The normalized spacial score (nSPS) is 9.88. The Morgan fingerprint density at radius 2 is 2.25 bits per heavy atom. The van der Waals surface area contributed by atoms with Gasteiger partial charge in [-0.05, 0) is 28.1 Å². The maximum atomic E-state index is 10.9. The summed E-state index contributed by atoms with van der Waals surface area (Å²) < 4.78 is 0.823. The van der Waals surface area contributed by atoms with Gasteiger partial charge in [0.05, 0.1) is 5.69 Å². The number of rotatable bonds is 5. The standard InChI is InChI=1S/C11H13BrN2O2/c1-14(6-5-10(13)16)11-8(7-15)3-2-4-9(11)12/h2-4,7H,5-6H2,1H3,(H2,13,16). The third kappa shape index (κ3) is 3.06. The molecule has 1 aromatic carbocycles. The second kappa shape index (κ2) is 5.65. The van der Waals surface area contributed by atoms with Crippen molar-refractivity contribution in [2.24, 2.45) is 5.73 Å². The predicted molar refractivity (Wildman–Crippen MR) is 66.6 cm³/mol. The fourth-order valence-corrected chi connectivity index (χ4v) is 2.10. The number of hydrogen-bond donors (Lipinski definition) is 1. The highest BCUT2D eigenvalue weighted by molar-refractivity contribution is 9.10. The summed E-state index contributed by atoms with van der Waals surface area (Å²) >= 11 is 3.38. The molecule has 1 amide bonds. The van der Waals surface area contributed by atoms with Crippen LogP contribution in [0.3, 0.4) is 0 Å². The summed E-state index contributed by atoms with van der Waals surface area (Å²) in [6.07, 6.45) is 1.05. The molecule has 0 saturated heterocycles. The minimum Gasteiger partial charge on any atom is -0.373 e. The van der Waals surface area contributed by atoms with E-state index in [0.29, 0.717) is 12.1 Å². The first-order chi connectivity index (χ1) is 7.56. The minimum absolute atomic E-state index is 0.260. The van der Waals surface area contributed by atoms with E-state index in [2.05, 4.69) is 15.9 Å². The zero-order valence-electron chi connectivity index (χ0n) is 8.94. The van der Waals surface area contributed by atoms with Gasteiger partial charge in [-0.3, -0.25) is 9.59 Å². The van der Waals surface area contributed by atoms with E-state index in [-0.39, 0.29) is 12.3 Å². The van der Waals surface area contributed by atoms with E-state index in [0.717, 1.165) is 16.4 Å². The third-order valence-electron chi connectivity index (χ3n) is 2.22. The SMILES string of the molecule is CN(CCC(N)=O)c1c(Br)cccc1C=O. The van der Waals surface area contributed by atoms with Crippen LogP contribution in [0.5, 0.6) is 0 Å². The Labute approximate surface area is 103 Å². The van der Waals surface area contributed by atoms with Crippen molar-refractivity contribution in [1.82, 2.24) is 0 Å². The van der Waals surface area contributed by atoms with Crippen molar-refractivity contribution >= 4 is 33.8 Å². The van der Waals surface area contributed by atoms with E-state index in [4.69, 9.17) is 5.73 Å². The second-order valence-corrected chi connectivity index (χ2v) is 4.29. The molecule has 0 aliphatic rings. The number of halogens is 1. The number of hydrogen-bond acceptors (Lipinski definition) is 3. The first kappa shape index (κ1) is 12.7. The molecule has 1 aromatic rings. The van der Waals surface area contributed by atoms with Gasteiger partial charge in [0.15, 0.2) is 6.29 Å². The van der Waals surface area contributed by atoms with E-state index in [1.165, 1.54) is 0 Å². The summed E-state index contributed by atoms with van der Waals surface area (Å²) in [7, 11) is 1.82. The molecule has 0 bridgehead atoms. The summed E-state index contributed by atoms with van der Waals surface area (Å²) in [4.78, 5) is 23.4. The number of para-hydroxylation sites is 1. The molecule has 0 heterocycles. The van der Waals surface area contributed by atoms with Gasteiger partial charge in [0.1, 0.15) is 0 Å². The van der Waals surface area contributed by atoms with Crippen LogP contribution in [0, 0.1) is 0 Å². The van der Waals surface area contributed by atoms with Gasteiger partial charge in [-0.25, -0.2) is 0 Å². The van der Waals surface area contributed by atoms with Crippen molar-refractivity contribution in [2.45, 2.75) is 6.42 Å². The Hall–Kier alpha value is -1.36. The van der Waals surface area contributed by atoms with Crippen molar-refractivity contribution < 1.29 is 9.59 Å². The number of carbonyl (C=O) groups excluding carboxylic acids is 2. The summed E-state index contributed by atoms with van der Waals surface area (Å²) in [5, 5.41) is 0. The lowest BCUT2D eigenvalue weighted by Gasteiger charge is -2.21. The first-order valence-corrected chi connectivity index (χ1v) is 5.58. The van der Waals surface area contributed by atoms with Crippen molar-refractivity contribution in [3.05, 3.63) is 28.2 Å². The van der Waals surface area contributed by atoms with E-state index in [1.54, 1.807) is 12.1 Å². The fourth-order valence-electron chi connectivity index (χ4n) is 1.42. The molecule has 0 atom stereocenters. The molecule has 86 valence electrons. The van der Waals surface area contributed by atoms with Crippen LogP contribution < -0.4 is 10.6 Å². The zero-order valence-corrected chi connectivity index (χ0v) is 10.5. The maximum absolute atomic E-state index is 10.9. The van der Waals surface area contributed by atoms with Crippen molar-refractivity contribution in [1.29, 1.82) is 0 Å². The number of anilines is 1. The molecule has 16 heavy (non-hydrogen) atoms. The highest BCUT2D eigenvalue weighted by atomic mass is 79.9. The molecule has 0 fully saturated rings. The van der Waals surface area contributed by atoms with E-state index in [1.807, 2.05) is 18.0 Å². The van der Waals surface area contributed by atoms with E-state index >= 15 is 0 Å². The lowest BCUT2D eigenvalue weighted by atomic mass is 10.2. The Morgan fingerprint density at radius 3 is 2.81 bits per heavy atom. The number of amides is 1. The van der Waals surface area contributed by atoms with Crippen LogP contribution >= 0.6 is 15.9 Å². The summed E-state index contributed by atoms with van der Waals surface area (Å²) in [6, 6.07) is 5.37. The van der Waals surface area contributed by atoms with E-state index in [9.17, 15) is 9.59 Å². The molecule has 0 aliphatic heterocycles. The molecule has 0 unspecified atom stereocenters. The smallest absolute Gasteiger partial charge is 0.219 e. The topological polar surface area (TPSA) is 63.4 Å². The molecule has 5 heteroatoms. The molecule has 0 spiro atoms. The number of aldehydes is 1. The molecule has 2 N–H and O–H groups in total. The van der Waals surface area contributed by atoms with Crippen LogP contribution in [0.25, 0.3) is 0 Å². The van der Waals surface area contributed by atoms with Crippen LogP contribution in [0.2, 0.25) is 0 Å². The molecule has 4 nitrogen and oxygen atoms in total. The summed E-state index contributed by atoms with van der Waals surface area (Å²) in [6.45, 7) is 0.485. The maximum Gasteiger partial charge on any atom is 0.219 e. The van der Waals surface area contributed by atoms with Crippen molar-refractivity contribution in [2.75, 3.05) is 18.5 Å². The number of benzene rings is 1. The predicted octanol–water partition coefficient (Wildman–Crippen LogP) is 1.57. The monoisotopic (exact) mass is 284 g/mol. The largest absolute Gasteiger partial charge is 0.373 e. The Kier molecular flexibility index (Phi) is 4.49. The molecular formula is C11H13BrN2O2. The molecule has 0 radical (unpaired) electrons. The van der Waals surface area contributed by atoms with Crippen LogP contribution in [0.15, 0.2) is 22.7 Å². The number of carbonyl (C=O) groups is 2. The lowest BCUT2D eigenvalue weighted by molar-refractivity contribution is -0.117. The fraction of sp³-hybridized carbons (Fsp3) is 0.273. The Morgan fingerprint density at radius 1 is 1.56 bits per heavy atom. The summed E-state index contributed by atoms with van der Waals surface area (Å²) in [5.41, 5.74) is 6.44. The molecule has 0 saturated carbocycles. The van der Waals surface area contributed by atoms with Gasteiger partial charge in [0, 0.05) is 30.0 Å². The van der Waals surface area contributed by atoms with Crippen LogP contribution in [-0.2, 0) is 4.79 Å². The average Bonchev–Trinajstić information content (AvgIpc) is 2.25. The number of nitrogens with zero attached hydrogens (tertiary/aromatic N) is 1. The minimum atomic E-state index is -0.355. The number of nitrogens with two attached hydrogens (primary N) is 1. The lowest BCUT2D eigenvalue weighted by Crippen LogP contribution is -2.25. The van der Waals surface area contributed by atoms with Crippen LogP contribution in [0.4, 0.5) is 5.69 Å². The highest BCUT2D eigenvalue weighted by Crippen LogP contribution is 2.28. The second-order valence-electron chi connectivity index (χ2n) is 3.43. The molecule has 0 aromatic heterocycles. The quantitative estimate of drug-likeness (QED) is 0.835.